The fraction of sp³-hybridized carbons (Fsp3) is 0.238. The van der Waals surface area contributed by atoms with E-state index >= 15 is 0 Å². The summed E-state index contributed by atoms with van der Waals surface area (Å²) < 4.78 is 39.6. The maximum absolute atomic E-state index is 12.9. The van der Waals surface area contributed by atoms with Crippen molar-refractivity contribution in [2.24, 2.45) is 0 Å². The van der Waals surface area contributed by atoms with Crippen LogP contribution < -0.4 is 21.6 Å². The van der Waals surface area contributed by atoms with Gasteiger partial charge in [0.1, 0.15) is 6.04 Å². The summed E-state index contributed by atoms with van der Waals surface area (Å²) in [6.45, 7) is 0.594. The minimum atomic E-state index is -4.55. The minimum Gasteiger partial charge on any atom is -0.354 e. The van der Waals surface area contributed by atoms with E-state index in [4.69, 9.17) is 0 Å². The molecule has 1 unspecified atom stereocenters. The van der Waals surface area contributed by atoms with Gasteiger partial charge in [0, 0.05) is 17.8 Å². The average molecular weight is 460 g/mol. The smallest absolute Gasteiger partial charge is 0.354 e. The molecule has 12 heteroatoms. The van der Waals surface area contributed by atoms with Gasteiger partial charge < -0.3 is 16.0 Å². The third-order valence-electron chi connectivity index (χ3n) is 5.04. The van der Waals surface area contributed by atoms with Crippen molar-refractivity contribution in [3.8, 4) is 5.69 Å². The second kappa shape index (κ2) is 8.81. The number of nitrogens with one attached hydrogen (secondary N) is 4. The predicted octanol–water partition coefficient (Wildman–Crippen LogP) is 2.33. The molecule has 0 saturated carbocycles. The summed E-state index contributed by atoms with van der Waals surface area (Å²) in [5.41, 5.74) is -0.853. The highest BCUT2D eigenvalue weighted by atomic mass is 19.4. The highest BCUT2D eigenvalue weighted by Crippen LogP contribution is 2.30. The summed E-state index contributed by atoms with van der Waals surface area (Å²) in [5, 5.41) is 12.2. The number of hydrogen-bond donors (Lipinski definition) is 4. The van der Waals surface area contributed by atoms with Crippen LogP contribution >= 0.6 is 0 Å². The van der Waals surface area contributed by atoms with E-state index in [1.165, 1.54) is 24.3 Å². The molecule has 0 spiro atoms. The van der Waals surface area contributed by atoms with Crippen molar-refractivity contribution in [1.29, 1.82) is 0 Å². The van der Waals surface area contributed by atoms with Gasteiger partial charge in [-0.25, -0.2) is 4.79 Å². The van der Waals surface area contributed by atoms with Crippen LogP contribution in [0.2, 0.25) is 0 Å². The van der Waals surface area contributed by atoms with Crippen molar-refractivity contribution in [2.45, 2.75) is 25.1 Å². The van der Waals surface area contributed by atoms with Gasteiger partial charge in [0.15, 0.2) is 0 Å². The summed E-state index contributed by atoms with van der Waals surface area (Å²) >= 11 is 0. The van der Waals surface area contributed by atoms with E-state index in [0.29, 0.717) is 24.2 Å². The number of aromatic nitrogens is 3. The lowest BCUT2D eigenvalue weighted by Gasteiger charge is -2.22. The second-order valence-corrected chi connectivity index (χ2v) is 7.40. The van der Waals surface area contributed by atoms with Gasteiger partial charge in [0.25, 0.3) is 5.91 Å². The molecule has 33 heavy (non-hydrogen) atoms. The molecule has 2 heterocycles. The molecule has 4 N–H and O–H groups in total. The van der Waals surface area contributed by atoms with E-state index in [0.717, 1.165) is 23.2 Å². The number of hydrogen-bond acceptors (Lipinski definition) is 5. The number of carbonyl (C=O) groups is 2. The Labute approximate surface area is 185 Å². The Morgan fingerprint density at radius 3 is 2.58 bits per heavy atom. The van der Waals surface area contributed by atoms with Crippen LogP contribution in [0.1, 0.15) is 28.8 Å². The molecule has 1 aliphatic heterocycles. The lowest BCUT2D eigenvalue weighted by atomic mass is 10.1. The summed E-state index contributed by atoms with van der Waals surface area (Å²) in [4.78, 5) is 38.8. The van der Waals surface area contributed by atoms with E-state index in [-0.39, 0.29) is 17.5 Å². The zero-order valence-electron chi connectivity index (χ0n) is 17.1. The van der Waals surface area contributed by atoms with Crippen LogP contribution in [0.15, 0.2) is 53.3 Å². The average Bonchev–Trinajstić information content (AvgIpc) is 3.15. The van der Waals surface area contributed by atoms with Crippen molar-refractivity contribution in [3.05, 3.63) is 70.1 Å². The van der Waals surface area contributed by atoms with E-state index in [2.05, 4.69) is 26.0 Å². The number of H-pyrrole nitrogens is 1. The number of nitrogens with zero attached hydrogens (tertiary/aromatic N) is 2. The van der Waals surface area contributed by atoms with Crippen LogP contribution in [0.25, 0.3) is 5.69 Å². The third kappa shape index (κ3) is 5.05. The van der Waals surface area contributed by atoms with Gasteiger partial charge >= 0.3 is 11.9 Å². The number of rotatable bonds is 5. The molecule has 0 radical (unpaired) electrons. The Hall–Kier alpha value is -4.09. The molecule has 1 atom stereocenters. The van der Waals surface area contributed by atoms with Gasteiger partial charge in [0.05, 0.1) is 11.3 Å². The van der Waals surface area contributed by atoms with Crippen LogP contribution in [0.5, 0.6) is 0 Å². The number of carbonyl (C=O) groups excluding carboxylic acids is 2. The number of alkyl halides is 3. The van der Waals surface area contributed by atoms with E-state index in [1.807, 2.05) is 0 Å². The molecule has 0 aliphatic carbocycles. The lowest BCUT2D eigenvalue weighted by molar-refractivity contribution is -0.137. The first-order valence-electron chi connectivity index (χ1n) is 10.0. The maximum Gasteiger partial charge on any atom is 0.416 e. The quantitative estimate of drug-likeness (QED) is 0.466. The van der Waals surface area contributed by atoms with E-state index in [9.17, 15) is 27.6 Å². The van der Waals surface area contributed by atoms with E-state index < -0.39 is 29.4 Å². The number of aromatic amines is 1. The number of benzene rings is 2. The van der Waals surface area contributed by atoms with Crippen LogP contribution in [0.3, 0.4) is 0 Å². The maximum atomic E-state index is 12.9. The molecule has 1 aromatic heterocycles. The molecule has 1 fully saturated rings. The molecule has 2 aromatic carbocycles. The fourth-order valence-corrected chi connectivity index (χ4v) is 3.36. The summed E-state index contributed by atoms with van der Waals surface area (Å²) in [6, 6.07) is 9.86. The standard InChI is InChI=1S/C21H19F3N6O3/c22-21(23,24)13-3-1-4-15(11-13)30-20(33)28-19(29-30)26-14-8-6-12(7-9-14)17(31)27-16-5-2-10-25-18(16)32/h1,3-4,6-9,11,16H,2,5,10H2,(H,25,32)(H,27,31)(H2,26,28,29,33). The number of anilines is 2. The Morgan fingerprint density at radius 2 is 1.88 bits per heavy atom. The van der Waals surface area contributed by atoms with Crippen LogP contribution in [-0.2, 0) is 11.0 Å². The molecular formula is C21H19F3N6O3. The molecule has 172 valence electrons. The Morgan fingerprint density at radius 1 is 1.12 bits per heavy atom. The summed E-state index contributed by atoms with van der Waals surface area (Å²) in [6.07, 6.45) is -3.20. The molecule has 1 saturated heterocycles. The Kier molecular flexibility index (Phi) is 5.90. The first-order chi connectivity index (χ1) is 15.7. The van der Waals surface area contributed by atoms with Gasteiger partial charge in [-0.2, -0.15) is 17.9 Å². The van der Waals surface area contributed by atoms with Crippen molar-refractivity contribution >= 4 is 23.5 Å². The normalized spacial score (nSPS) is 16.2. The molecule has 9 nitrogen and oxygen atoms in total. The van der Waals surface area contributed by atoms with Gasteiger partial charge in [-0.1, -0.05) is 6.07 Å². The monoisotopic (exact) mass is 460 g/mol. The minimum absolute atomic E-state index is 0.00786. The number of amides is 2. The Bertz CT molecular complexity index is 1230. The number of halogens is 3. The van der Waals surface area contributed by atoms with Gasteiger partial charge in [-0.05, 0) is 55.3 Å². The highest BCUT2D eigenvalue weighted by molar-refractivity contribution is 5.98. The zero-order valence-corrected chi connectivity index (χ0v) is 17.1. The van der Waals surface area contributed by atoms with Crippen molar-refractivity contribution in [2.75, 3.05) is 11.9 Å². The first-order valence-corrected chi connectivity index (χ1v) is 10.0. The highest BCUT2D eigenvalue weighted by Gasteiger charge is 2.30. The molecule has 1 aliphatic rings. The largest absolute Gasteiger partial charge is 0.416 e. The SMILES string of the molecule is O=C(NC1CCCNC1=O)c1ccc(Nc2nn(-c3cccc(C(F)(F)F)c3)c(=O)[nH]2)cc1. The molecule has 4 rings (SSSR count). The Balaban J connectivity index is 1.45. The topological polar surface area (TPSA) is 121 Å². The first kappa shape index (κ1) is 22.1. The van der Waals surface area contributed by atoms with Crippen LogP contribution in [0, 0.1) is 0 Å². The van der Waals surface area contributed by atoms with Crippen molar-refractivity contribution < 1.29 is 22.8 Å². The third-order valence-corrected chi connectivity index (χ3v) is 5.04. The second-order valence-electron chi connectivity index (χ2n) is 7.40. The molecular weight excluding hydrogens is 441 g/mol. The molecule has 2 amide bonds. The van der Waals surface area contributed by atoms with Crippen LogP contribution in [0.4, 0.5) is 24.8 Å². The zero-order chi connectivity index (χ0) is 23.6. The van der Waals surface area contributed by atoms with Crippen molar-refractivity contribution in [3.63, 3.8) is 0 Å². The van der Waals surface area contributed by atoms with E-state index in [1.54, 1.807) is 12.1 Å². The van der Waals surface area contributed by atoms with Crippen molar-refractivity contribution in [1.82, 2.24) is 25.4 Å². The van der Waals surface area contributed by atoms with Gasteiger partial charge in [-0.15, -0.1) is 5.10 Å². The fourth-order valence-electron chi connectivity index (χ4n) is 3.36. The molecule has 0 bridgehead atoms. The van der Waals surface area contributed by atoms with Gasteiger partial charge in [0.2, 0.25) is 11.9 Å². The van der Waals surface area contributed by atoms with Crippen LogP contribution in [-0.4, -0.2) is 39.2 Å². The lowest BCUT2D eigenvalue weighted by Crippen LogP contribution is -2.50. The molecule has 3 aromatic rings. The number of piperidine rings is 1. The summed E-state index contributed by atoms with van der Waals surface area (Å²) in [7, 11) is 0. The summed E-state index contributed by atoms with van der Waals surface area (Å²) in [5.74, 6) is -0.604. The van der Waals surface area contributed by atoms with Gasteiger partial charge in [-0.3, -0.25) is 14.6 Å². The predicted molar refractivity (Wildman–Crippen MR) is 112 cm³/mol.